The second-order valence-electron chi connectivity index (χ2n) is 7.73. The number of fused-ring (bicyclic) bond motifs is 1. The molecule has 0 saturated carbocycles. The summed E-state index contributed by atoms with van der Waals surface area (Å²) < 4.78 is 37.0. The van der Waals surface area contributed by atoms with Gasteiger partial charge in [0.1, 0.15) is 18.5 Å². The van der Waals surface area contributed by atoms with Crippen molar-refractivity contribution in [3.63, 3.8) is 0 Å². The van der Waals surface area contributed by atoms with E-state index in [-0.39, 0.29) is 18.1 Å². The highest BCUT2D eigenvalue weighted by atomic mass is 32.2. The predicted octanol–water partition coefficient (Wildman–Crippen LogP) is 1.97. The van der Waals surface area contributed by atoms with Gasteiger partial charge in [-0.1, -0.05) is 0 Å². The summed E-state index contributed by atoms with van der Waals surface area (Å²) in [6.45, 7) is 7.82. The lowest BCUT2D eigenvalue weighted by molar-refractivity contribution is -0.121. The maximum atomic E-state index is 12.1. The van der Waals surface area contributed by atoms with Gasteiger partial charge in [-0.25, -0.2) is 13.1 Å². The first-order valence-electron chi connectivity index (χ1n) is 9.06. The van der Waals surface area contributed by atoms with E-state index in [4.69, 9.17) is 9.47 Å². The third-order valence-electron chi connectivity index (χ3n) is 4.28. The van der Waals surface area contributed by atoms with Crippen molar-refractivity contribution in [2.75, 3.05) is 13.2 Å². The fraction of sp³-hybridized carbons (Fsp3) is 0.722. The number of hydrogen-bond donors (Lipinski definition) is 2. The first-order valence-corrected chi connectivity index (χ1v) is 10.5. The average molecular weight is 387 g/mol. The van der Waals surface area contributed by atoms with Crippen LogP contribution < -0.4 is 10.0 Å². The average Bonchev–Trinajstić information content (AvgIpc) is 2.53. The number of carbonyl (C=O) groups is 1. The van der Waals surface area contributed by atoms with E-state index < -0.39 is 14.8 Å². The zero-order chi connectivity index (χ0) is 19.4. The number of sulfonamides is 1. The Labute approximate surface area is 156 Å². The number of unbranched alkanes of at least 4 members (excludes halogenated alkanes) is 1. The first-order chi connectivity index (χ1) is 12.1. The lowest BCUT2D eigenvalue weighted by Gasteiger charge is -2.33. The number of amides is 1. The summed E-state index contributed by atoms with van der Waals surface area (Å²) in [4.78, 5) is 12.1. The summed E-state index contributed by atoms with van der Waals surface area (Å²) in [7, 11) is -3.33. The molecule has 2 atom stereocenters. The molecule has 1 aliphatic heterocycles. The number of rotatable bonds is 7. The Kier molecular flexibility index (Phi) is 6.87. The van der Waals surface area contributed by atoms with Crippen LogP contribution in [0.2, 0.25) is 0 Å². The molecule has 1 amide bonds. The maximum absolute atomic E-state index is 12.1. The number of allylic oxidation sites excluding steroid dienone is 2. The van der Waals surface area contributed by atoms with E-state index in [1.165, 1.54) is 0 Å². The minimum Gasteiger partial charge on any atom is -0.492 e. The van der Waals surface area contributed by atoms with Gasteiger partial charge in [0.15, 0.2) is 0 Å². The molecule has 1 fully saturated rings. The molecule has 1 saturated heterocycles. The van der Waals surface area contributed by atoms with Crippen molar-refractivity contribution in [3.05, 3.63) is 23.6 Å². The molecule has 2 aliphatic rings. The van der Waals surface area contributed by atoms with Crippen LogP contribution >= 0.6 is 0 Å². The van der Waals surface area contributed by atoms with E-state index in [1.807, 2.05) is 19.1 Å². The molecular formula is C18H30N2O5S. The van der Waals surface area contributed by atoms with Crippen LogP contribution in [0.1, 0.15) is 53.4 Å². The summed E-state index contributed by atoms with van der Waals surface area (Å²) in [6, 6.07) is 0. The zero-order valence-corrected chi connectivity index (χ0v) is 16.8. The van der Waals surface area contributed by atoms with Crippen LogP contribution in [0.4, 0.5) is 0 Å². The number of carbonyl (C=O) groups excluding carboxylic acids is 1. The molecule has 148 valence electrons. The molecule has 0 bridgehead atoms. The Morgan fingerprint density at radius 3 is 2.69 bits per heavy atom. The van der Waals surface area contributed by atoms with Crippen molar-refractivity contribution in [1.82, 2.24) is 10.0 Å². The molecule has 26 heavy (non-hydrogen) atoms. The molecule has 0 spiro atoms. The third kappa shape index (κ3) is 5.82. The van der Waals surface area contributed by atoms with E-state index >= 15 is 0 Å². The van der Waals surface area contributed by atoms with Crippen LogP contribution in [0, 0.1) is 0 Å². The van der Waals surface area contributed by atoms with Gasteiger partial charge >= 0.3 is 0 Å². The van der Waals surface area contributed by atoms with Crippen LogP contribution in [0.3, 0.4) is 0 Å². The van der Waals surface area contributed by atoms with Crippen molar-refractivity contribution >= 4 is 15.9 Å². The SMILES string of the molecule is CC1COC2=CC=C(NC(=O)CCCCNS(=O)(=O)C(C)(C)C)C[C@H]2O1. The molecule has 2 rings (SSSR count). The second-order valence-corrected chi connectivity index (χ2v) is 10.2. The minimum atomic E-state index is -3.33. The van der Waals surface area contributed by atoms with Crippen molar-refractivity contribution in [2.24, 2.45) is 0 Å². The van der Waals surface area contributed by atoms with Crippen molar-refractivity contribution in [2.45, 2.75) is 70.3 Å². The molecule has 0 aromatic heterocycles. The highest BCUT2D eigenvalue weighted by Crippen LogP contribution is 2.26. The standard InChI is InChI=1S/C18H30N2O5S/c1-13-12-24-15-9-8-14(11-16(15)25-13)20-17(21)7-5-6-10-19-26(22,23)18(2,3)4/h8-9,13,16,19H,5-7,10-12H2,1-4H3,(H,20,21)/t13?,16-/m1/s1. The Hall–Kier alpha value is -1.38. The number of nitrogens with one attached hydrogen (secondary N) is 2. The molecule has 1 unspecified atom stereocenters. The summed E-state index contributed by atoms with van der Waals surface area (Å²) in [6.07, 6.45) is 5.78. The van der Waals surface area contributed by atoms with Gasteiger partial charge in [-0.3, -0.25) is 4.79 Å². The van der Waals surface area contributed by atoms with Gasteiger partial charge in [-0.2, -0.15) is 0 Å². The summed E-state index contributed by atoms with van der Waals surface area (Å²) in [5.41, 5.74) is 0.815. The molecule has 0 aromatic carbocycles. The lowest BCUT2D eigenvalue weighted by Crippen LogP contribution is -2.39. The van der Waals surface area contributed by atoms with E-state index in [9.17, 15) is 13.2 Å². The fourth-order valence-corrected chi connectivity index (χ4v) is 3.46. The molecule has 8 heteroatoms. The van der Waals surface area contributed by atoms with E-state index in [0.717, 1.165) is 11.5 Å². The van der Waals surface area contributed by atoms with E-state index in [0.29, 0.717) is 38.8 Å². The Balaban J connectivity index is 1.68. The van der Waals surface area contributed by atoms with Gasteiger partial charge in [0, 0.05) is 25.1 Å². The van der Waals surface area contributed by atoms with Crippen molar-refractivity contribution in [3.8, 4) is 0 Å². The maximum Gasteiger partial charge on any atom is 0.224 e. The molecule has 2 N–H and O–H groups in total. The van der Waals surface area contributed by atoms with Crippen LogP contribution in [0.25, 0.3) is 0 Å². The quantitative estimate of drug-likeness (QED) is 0.653. The molecule has 1 heterocycles. The highest BCUT2D eigenvalue weighted by Gasteiger charge is 2.29. The predicted molar refractivity (Wildman–Crippen MR) is 99.7 cm³/mol. The van der Waals surface area contributed by atoms with Gasteiger partial charge in [0.05, 0.1) is 10.9 Å². The van der Waals surface area contributed by atoms with Gasteiger partial charge in [-0.15, -0.1) is 0 Å². The van der Waals surface area contributed by atoms with Gasteiger partial charge in [-0.05, 0) is 52.7 Å². The Morgan fingerprint density at radius 2 is 2.00 bits per heavy atom. The zero-order valence-electron chi connectivity index (χ0n) is 16.0. The van der Waals surface area contributed by atoms with Gasteiger partial charge in [0.25, 0.3) is 0 Å². The first kappa shape index (κ1) is 20.9. The van der Waals surface area contributed by atoms with E-state index in [1.54, 1.807) is 20.8 Å². The fourth-order valence-electron chi connectivity index (χ4n) is 2.62. The van der Waals surface area contributed by atoms with Gasteiger partial charge < -0.3 is 14.8 Å². The summed E-state index contributed by atoms with van der Waals surface area (Å²) in [5, 5.41) is 2.90. The highest BCUT2D eigenvalue weighted by molar-refractivity contribution is 7.90. The van der Waals surface area contributed by atoms with Crippen LogP contribution in [-0.2, 0) is 24.3 Å². The largest absolute Gasteiger partial charge is 0.492 e. The van der Waals surface area contributed by atoms with Crippen LogP contribution in [0.15, 0.2) is 23.6 Å². The van der Waals surface area contributed by atoms with Gasteiger partial charge in [0.2, 0.25) is 15.9 Å². The molecular weight excluding hydrogens is 356 g/mol. The topological polar surface area (TPSA) is 93.7 Å². The molecule has 0 radical (unpaired) electrons. The molecule has 1 aliphatic carbocycles. The third-order valence-corrected chi connectivity index (χ3v) is 6.48. The monoisotopic (exact) mass is 386 g/mol. The van der Waals surface area contributed by atoms with Crippen LogP contribution in [-0.4, -0.2) is 44.4 Å². The lowest BCUT2D eigenvalue weighted by atomic mass is 10.0. The Morgan fingerprint density at radius 1 is 1.27 bits per heavy atom. The normalized spacial score (nSPS) is 23.4. The number of hydrogen-bond acceptors (Lipinski definition) is 5. The van der Waals surface area contributed by atoms with Crippen molar-refractivity contribution < 1.29 is 22.7 Å². The van der Waals surface area contributed by atoms with Crippen molar-refractivity contribution in [1.29, 1.82) is 0 Å². The smallest absolute Gasteiger partial charge is 0.224 e. The van der Waals surface area contributed by atoms with E-state index in [2.05, 4.69) is 10.0 Å². The molecule has 0 aromatic rings. The Bertz CT molecular complexity index is 676. The summed E-state index contributed by atoms with van der Waals surface area (Å²) in [5.74, 6) is 0.740. The minimum absolute atomic E-state index is 0.0454. The second kappa shape index (κ2) is 8.54. The van der Waals surface area contributed by atoms with Crippen LogP contribution in [0.5, 0.6) is 0 Å². The molecule has 7 nitrogen and oxygen atoms in total. The number of ether oxygens (including phenoxy) is 2. The summed E-state index contributed by atoms with van der Waals surface area (Å²) >= 11 is 0.